The van der Waals surface area contributed by atoms with E-state index in [9.17, 15) is 0 Å². The molecule has 0 spiro atoms. The van der Waals surface area contributed by atoms with Gasteiger partial charge >= 0.3 is 0 Å². The molecule has 6 nitrogen and oxygen atoms in total. The maximum absolute atomic E-state index is 5.52. The van der Waals surface area contributed by atoms with Gasteiger partial charge in [0, 0.05) is 33.3 Å². The molecular formula is C19H32N4O2. The summed E-state index contributed by atoms with van der Waals surface area (Å²) in [5.74, 6) is 0.838. The predicted octanol–water partition coefficient (Wildman–Crippen LogP) is 1.57. The fourth-order valence-electron chi connectivity index (χ4n) is 2.99. The number of morpholine rings is 1. The number of rotatable bonds is 8. The fourth-order valence-corrected chi connectivity index (χ4v) is 2.99. The van der Waals surface area contributed by atoms with E-state index in [2.05, 4.69) is 53.6 Å². The Morgan fingerprint density at radius 2 is 2.12 bits per heavy atom. The number of hydrogen-bond acceptors (Lipinski definition) is 4. The molecule has 6 heteroatoms. The van der Waals surface area contributed by atoms with Crippen LogP contribution in [-0.4, -0.2) is 70.5 Å². The Balaban J connectivity index is 2.11. The van der Waals surface area contributed by atoms with E-state index < -0.39 is 0 Å². The molecule has 0 bridgehead atoms. The van der Waals surface area contributed by atoms with Gasteiger partial charge in [-0.2, -0.15) is 0 Å². The molecule has 1 atom stereocenters. The average Bonchev–Trinajstić information content (AvgIpc) is 2.63. The largest absolute Gasteiger partial charge is 0.383 e. The molecule has 0 aliphatic carbocycles. The van der Waals surface area contributed by atoms with Crippen molar-refractivity contribution in [2.75, 3.05) is 59.7 Å². The van der Waals surface area contributed by atoms with Crippen molar-refractivity contribution >= 4 is 5.96 Å². The Morgan fingerprint density at radius 3 is 2.80 bits per heavy atom. The number of nitrogens with zero attached hydrogens (tertiary/aromatic N) is 2. The van der Waals surface area contributed by atoms with Crippen LogP contribution < -0.4 is 10.6 Å². The van der Waals surface area contributed by atoms with Crippen molar-refractivity contribution in [2.45, 2.75) is 19.9 Å². The summed E-state index contributed by atoms with van der Waals surface area (Å²) in [4.78, 5) is 7.30. The first kappa shape index (κ1) is 19.7. The van der Waals surface area contributed by atoms with Crippen LogP contribution in [0.2, 0.25) is 0 Å². The van der Waals surface area contributed by atoms with Gasteiger partial charge in [0.25, 0.3) is 0 Å². The van der Waals surface area contributed by atoms with E-state index in [-0.39, 0.29) is 6.04 Å². The second kappa shape index (κ2) is 11.1. The standard InChI is InChI=1S/C19H32N4O2/c1-4-20-19(21-8-11-24-3)22-15-18(23-9-12-25-13-10-23)17-7-5-6-16(2)14-17/h5-7,14,18H,4,8-13,15H2,1-3H3,(H2,20,21,22). The van der Waals surface area contributed by atoms with E-state index in [1.807, 2.05) is 0 Å². The van der Waals surface area contributed by atoms with Crippen molar-refractivity contribution in [3.63, 3.8) is 0 Å². The number of aliphatic imine (C=N–C) groups is 1. The summed E-state index contributed by atoms with van der Waals surface area (Å²) in [5.41, 5.74) is 2.60. The summed E-state index contributed by atoms with van der Waals surface area (Å²) >= 11 is 0. The van der Waals surface area contributed by atoms with Crippen molar-refractivity contribution in [2.24, 2.45) is 4.99 Å². The van der Waals surface area contributed by atoms with Gasteiger partial charge in [0.15, 0.2) is 5.96 Å². The Morgan fingerprint density at radius 1 is 1.32 bits per heavy atom. The molecule has 140 valence electrons. The predicted molar refractivity (Wildman–Crippen MR) is 102 cm³/mol. The first-order chi connectivity index (χ1) is 12.2. The molecular weight excluding hydrogens is 316 g/mol. The molecule has 1 saturated heterocycles. The van der Waals surface area contributed by atoms with Crippen LogP contribution in [0.25, 0.3) is 0 Å². The van der Waals surface area contributed by atoms with Gasteiger partial charge < -0.3 is 20.1 Å². The molecule has 0 saturated carbocycles. The highest BCUT2D eigenvalue weighted by molar-refractivity contribution is 5.79. The lowest BCUT2D eigenvalue weighted by molar-refractivity contribution is 0.0179. The summed E-state index contributed by atoms with van der Waals surface area (Å²) in [6, 6.07) is 9.00. The van der Waals surface area contributed by atoms with E-state index in [1.165, 1.54) is 11.1 Å². The molecule has 1 heterocycles. The summed E-state index contributed by atoms with van der Waals surface area (Å²) in [6.45, 7) is 10.6. The Labute approximate surface area is 151 Å². The highest BCUT2D eigenvalue weighted by atomic mass is 16.5. The molecule has 1 aromatic rings. The van der Waals surface area contributed by atoms with Gasteiger partial charge in [-0.3, -0.25) is 9.89 Å². The fraction of sp³-hybridized carbons (Fsp3) is 0.632. The van der Waals surface area contributed by atoms with Crippen LogP contribution in [0.4, 0.5) is 0 Å². The number of aryl methyl sites for hydroxylation is 1. The van der Waals surface area contributed by atoms with Gasteiger partial charge in [-0.25, -0.2) is 0 Å². The zero-order valence-electron chi connectivity index (χ0n) is 15.8. The van der Waals surface area contributed by atoms with Gasteiger partial charge in [0.05, 0.1) is 32.4 Å². The lowest BCUT2D eigenvalue weighted by Crippen LogP contribution is -2.42. The van der Waals surface area contributed by atoms with Crippen LogP contribution in [0.15, 0.2) is 29.3 Å². The van der Waals surface area contributed by atoms with Crippen LogP contribution in [0.3, 0.4) is 0 Å². The zero-order chi connectivity index (χ0) is 17.9. The second-order valence-corrected chi connectivity index (χ2v) is 6.22. The van der Waals surface area contributed by atoms with Crippen molar-refractivity contribution in [1.82, 2.24) is 15.5 Å². The number of methoxy groups -OCH3 is 1. The van der Waals surface area contributed by atoms with Crippen molar-refractivity contribution in [3.8, 4) is 0 Å². The van der Waals surface area contributed by atoms with E-state index in [4.69, 9.17) is 14.5 Å². The quantitative estimate of drug-likeness (QED) is 0.424. The average molecular weight is 348 g/mol. The summed E-state index contributed by atoms with van der Waals surface area (Å²) in [7, 11) is 1.71. The second-order valence-electron chi connectivity index (χ2n) is 6.22. The van der Waals surface area contributed by atoms with Gasteiger partial charge in [-0.1, -0.05) is 29.8 Å². The molecule has 0 amide bonds. The minimum absolute atomic E-state index is 0.265. The minimum atomic E-state index is 0.265. The third-order valence-corrected chi connectivity index (χ3v) is 4.28. The maximum Gasteiger partial charge on any atom is 0.191 e. The van der Waals surface area contributed by atoms with Crippen LogP contribution in [0, 0.1) is 6.92 Å². The lowest BCUT2D eigenvalue weighted by Gasteiger charge is -2.34. The van der Waals surface area contributed by atoms with Crippen molar-refractivity contribution in [1.29, 1.82) is 0 Å². The first-order valence-corrected chi connectivity index (χ1v) is 9.14. The van der Waals surface area contributed by atoms with E-state index in [1.54, 1.807) is 7.11 Å². The van der Waals surface area contributed by atoms with E-state index in [0.717, 1.165) is 45.4 Å². The van der Waals surface area contributed by atoms with Gasteiger partial charge in [0.1, 0.15) is 0 Å². The molecule has 1 fully saturated rings. The minimum Gasteiger partial charge on any atom is -0.383 e. The number of benzene rings is 1. The Hall–Kier alpha value is -1.63. The number of nitrogens with one attached hydrogen (secondary N) is 2. The lowest BCUT2D eigenvalue weighted by atomic mass is 10.0. The monoisotopic (exact) mass is 348 g/mol. The molecule has 2 N–H and O–H groups in total. The Kier molecular flexibility index (Phi) is 8.72. The van der Waals surface area contributed by atoms with Crippen LogP contribution in [0.1, 0.15) is 24.1 Å². The molecule has 1 aliphatic rings. The van der Waals surface area contributed by atoms with Crippen LogP contribution >= 0.6 is 0 Å². The highest BCUT2D eigenvalue weighted by Gasteiger charge is 2.22. The van der Waals surface area contributed by atoms with Crippen molar-refractivity contribution < 1.29 is 9.47 Å². The number of ether oxygens (including phenoxy) is 2. The van der Waals surface area contributed by atoms with E-state index >= 15 is 0 Å². The van der Waals surface area contributed by atoms with Crippen LogP contribution in [-0.2, 0) is 9.47 Å². The van der Waals surface area contributed by atoms with Crippen LogP contribution in [0.5, 0.6) is 0 Å². The highest BCUT2D eigenvalue weighted by Crippen LogP contribution is 2.23. The van der Waals surface area contributed by atoms with Gasteiger partial charge in [-0.15, -0.1) is 0 Å². The third-order valence-electron chi connectivity index (χ3n) is 4.28. The van der Waals surface area contributed by atoms with Crippen molar-refractivity contribution in [3.05, 3.63) is 35.4 Å². The SMILES string of the molecule is CCNC(=NCC(c1cccc(C)c1)N1CCOCC1)NCCOC. The molecule has 2 rings (SSSR count). The molecule has 1 unspecified atom stereocenters. The molecule has 1 aromatic carbocycles. The normalized spacial score (nSPS) is 17.3. The molecule has 1 aliphatic heterocycles. The molecule has 25 heavy (non-hydrogen) atoms. The van der Waals surface area contributed by atoms with Gasteiger partial charge in [0.2, 0.25) is 0 Å². The van der Waals surface area contributed by atoms with E-state index in [0.29, 0.717) is 13.2 Å². The first-order valence-electron chi connectivity index (χ1n) is 9.14. The smallest absolute Gasteiger partial charge is 0.191 e. The third kappa shape index (κ3) is 6.65. The number of guanidine groups is 1. The molecule has 0 radical (unpaired) electrons. The summed E-state index contributed by atoms with van der Waals surface area (Å²) in [5, 5.41) is 6.62. The molecule has 0 aromatic heterocycles. The summed E-state index contributed by atoms with van der Waals surface area (Å²) < 4.78 is 10.6. The maximum atomic E-state index is 5.52. The topological polar surface area (TPSA) is 58.1 Å². The summed E-state index contributed by atoms with van der Waals surface area (Å²) in [6.07, 6.45) is 0. The Bertz CT molecular complexity index is 530. The van der Waals surface area contributed by atoms with Gasteiger partial charge in [-0.05, 0) is 19.4 Å². The zero-order valence-corrected chi connectivity index (χ0v) is 15.8. The number of hydrogen-bond donors (Lipinski definition) is 2.